The fourth-order valence-electron chi connectivity index (χ4n) is 1.33. The summed E-state index contributed by atoms with van der Waals surface area (Å²) in [4.78, 5) is 14.7. The maximum Gasteiger partial charge on any atom is 0.309 e. The highest BCUT2D eigenvalue weighted by molar-refractivity contribution is 5.68. The van der Waals surface area contributed by atoms with E-state index >= 15 is 0 Å². The van der Waals surface area contributed by atoms with Crippen LogP contribution in [0.3, 0.4) is 0 Å². The predicted octanol–water partition coefficient (Wildman–Crippen LogP) is 1.38. The van der Waals surface area contributed by atoms with Gasteiger partial charge in [-0.2, -0.15) is 0 Å². The van der Waals surface area contributed by atoms with E-state index in [4.69, 9.17) is 10.5 Å². The molecule has 0 aliphatic heterocycles. The van der Waals surface area contributed by atoms with E-state index in [2.05, 4.69) is 4.98 Å². The summed E-state index contributed by atoms with van der Waals surface area (Å²) in [5.74, 6) is -0.118. The first-order chi connectivity index (χ1) is 7.65. The van der Waals surface area contributed by atoms with Gasteiger partial charge < -0.3 is 15.0 Å². The van der Waals surface area contributed by atoms with E-state index in [-0.39, 0.29) is 5.88 Å². The third-order valence-electron chi connectivity index (χ3n) is 1.98. The average Bonchev–Trinajstić information content (AvgIpc) is 2.65. The number of rotatable bonds is 2. The molecular formula is C11H11N3O2. The Bertz CT molecular complexity index is 519. The number of nitrogen functional groups attached to an aromatic ring is 1. The molecule has 0 amide bonds. The molecule has 0 radical (unpaired) electrons. The van der Waals surface area contributed by atoms with E-state index in [0.717, 1.165) is 5.69 Å². The molecule has 82 valence electrons. The standard InChI is InChI=1S/C11H11N3O2/c1-8(15)16-11-6-14(7-13-11)10-4-2-3-9(12)5-10/h2-7H,12H2,1H3. The summed E-state index contributed by atoms with van der Waals surface area (Å²) in [5, 5.41) is 0. The normalized spacial score (nSPS) is 10.1. The molecule has 0 aliphatic carbocycles. The van der Waals surface area contributed by atoms with Crippen LogP contribution >= 0.6 is 0 Å². The Hall–Kier alpha value is -2.30. The van der Waals surface area contributed by atoms with Crippen molar-refractivity contribution >= 4 is 11.7 Å². The molecule has 0 aliphatic rings. The predicted molar refractivity (Wildman–Crippen MR) is 59.3 cm³/mol. The molecule has 16 heavy (non-hydrogen) atoms. The second-order valence-corrected chi connectivity index (χ2v) is 3.31. The Labute approximate surface area is 92.5 Å². The third kappa shape index (κ3) is 2.20. The Morgan fingerprint density at radius 1 is 1.50 bits per heavy atom. The zero-order chi connectivity index (χ0) is 11.5. The number of imidazole rings is 1. The zero-order valence-electron chi connectivity index (χ0n) is 8.75. The summed E-state index contributed by atoms with van der Waals surface area (Å²) < 4.78 is 6.58. The van der Waals surface area contributed by atoms with Crippen LogP contribution in [0.4, 0.5) is 5.69 Å². The number of nitrogens with zero attached hydrogens (tertiary/aromatic N) is 2. The van der Waals surface area contributed by atoms with Crippen molar-refractivity contribution < 1.29 is 9.53 Å². The SMILES string of the molecule is CC(=O)Oc1cn(-c2cccc(N)c2)cn1. The molecule has 0 atom stereocenters. The molecule has 0 fully saturated rings. The highest BCUT2D eigenvalue weighted by Crippen LogP contribution is 2.15. The van der Waals surface area contributed by atoms with Crippen LogP contribution in [0.1, 0.15) is 6.92 Å². The van der Waals surface area contributed by atoms with E-state index in [0.29, 0.717) is 5.69 Å². The fourth-order valence-corrected chi connectivity index (χ4v) is 1.33. The lowest BCUT2D eigenvalue weighted by atomic mass is 10.3. The van der Waals surface area contributed by atoms with Crippen molar-refractivity contribution in [2.45, 2.75) is 6.92 Å². The maximum atomic E-state index is 10.7. The Morgan fingerprint density at radius 2 is 2.31 bits per heavy atom. The second kappa shape index (κ2) is 4.06. The van der Waals surface area contributed by atoms with Gasteiger partial charge in [-0.3, -0.25) is 4.79 Å². The number of esters is 1. The van der Waals surface area contributed by atoms with Crippen molar-refractivity contribution in [1.82, 2.24) is 9.55 Å². The van der Waals surface area contributed by atoms with Crippen LogP contribution < -0.4 is 10.5 Å². The van der Waals surface area contributed by atoms with Crippen LogP contribution in [-0.4, -0.2) is 15.5 Å². The number of aromatic nitrogens is 2. The number of anilines is 1. The van der Waals surface area contributed by atoms with Gasteiger partial charge in [0.1, 0.15) is 6.33 Å². The molecule has 1 aromatic carbocycles. The van der Waals surface area contributed by atoms with Crippen LogP contribution in [-0.2, 0) is 4.79 Å². The number of benzene rings is 1. The molecule has 0 unspecified atom stereocenters. The topological polar surface area (TPSA) is 70.1 Å². The van der Waals surface area contributed by atoms with Gasteiger partial charge in [-0.15, -0.1) is 0 Å². The van der Waals surface area contributed by atoms with E-state index in [1.807, 2.05) is 12.1 Å². The van der Waals surface area contributed by atoms with Crippen LogP contribution in [0.15, 0.2) is 36.8 Å². The van der Waals surface area contributed by atoms with Gasteiger partial charge in [-0.25, -0.2) is 4.98 Å². The summed E-state index contributed by atoms with van der Waals surface area (Å²) in [6, 6.07) is 7.33. The highest BCUT2D eigenvalue weighted by atomic mass is 16.5. The van der Waals surface area contributed by atoms with Gasteiger partial charge in [-0.1, -0.05) is 6.07 Å². The molecule has 5 nitrogen and oxygen atoms in total. The lowest BCUT2D eigenvalue weighted by Crippen LogP contribution is -2.01. The smallest absolute Gasteiger partial charge is 0.309 e. The van der Waals surface area contributed by atoms with Gasteiger partial charge in [-0.05, 0) is 18.2 Å². The van der Waals surface area contributed by atoms with Gasteiger partial charge in [0, 0.05) is 18.3 Å². The van der Waals surface area contributed by atoms with E-state index in [9.17, 15) is 4.79 Å². The number of nitrogens with two attached hydrogens (primary N) is 1. The van der Waals surface area contributed by atoms with E-state index in [1.54, 1.807) is 29.2 Å². The summed E-state index contributed by atoms with van der Waals surface area (Å²) in [7, 11) is 0. The summed E-state index contributed by atoms with van der Waals surface area (Å²) in [6.45, 7) is 1.33. The Kier molecular flexibility index (Phi) is 2.59. The molecule has 5 heteroatoms. The van der Waals surface area contributed by atoms with Crippen LogP contribution in [0.5, 0.6) is 5.88 Å². The molecule has 1 heterocycles. The van der Waals surface area contributed by atoms with Gasteiger partial charge in [0.15, 0.2) is 0 Å². The van der Waals surface area contributed by atoms with E-state index in [1.165, 1.54) is 6.92 Å². The molecule has 0 bridgehead atoms. The molecule has 1 aromatic heterocycles. The highest BCUT2D eigenvalue weighted by Gasteiger charge is 2.03. The minimum Gasteiger partial charge on any atom is -0.406 e. The first-order valence-corrected chi connectivity index (χ1v) is 4.73. The van der Waals surface area contributed by atoms with Crippen molar-refractivity contribution in [2.24, 2.45) is 0 Å². The second-order valence-electron chi connectivity index (χ2n) is 3.31. The Morgan fingerprint density at radius 3 is 3.00 bits per heavy atom. The number of hydrogen-bond acceptors (Lipinski definition) is 4. The van der Waals surface area contributed by atoms with Crippen molar-refractivity contribution in [3.63, 3.8) is 0 Å². The van der Waals surface area contributed by atoms with Crippen molar-refractivity contribution in [1.29, 1.82) is 0 Å². The van der Waals surface area contributed by atoms with Crippen LogP contribution in [0.25, 0.3) is 5.69 Å². The Balaban J connectivity index is 2.28. The zero-order valence-corrected chi connectivity index (χ0v) is 8.75. The lowest BCUT2D eigenvalue weighted by molar-refractivity contribution is -0.132. The van der Waals surface area contributed by atoms with Gasteiger partial charge >= 0.3 is 5.97 Å². The molecule has 0 saturated carbocycles. The fraction of sp³-hybridized carbons (Fsp3) is 0.0909. The average molecular weight is 217 g/mol. The minimum absolute atomic E-state index is 0.273. The summed E-state index contributed by atoms with van der Waals surface area (Å²) in [5.41, 5.74) is 7.20. The number of carbonyl (C=O) groups is 1. The largest absolute Gasteiger partial charge is 0.406 e. The molecule has 0 saturated heterocycles. The third-order valence-corrected chi connectivity index (χ3v) is 1.98. The summed E-state index contributed by atoms with van der Waals surface area (Å²) >= 11 is 0. The molecule has 2 aromatic rings. The monoisotopic (exact) mass is 217 g/mol. The van der Waals surface area contributed by atoms with Crippen molar-refractivity contribution in [3.8, 4) is 11.6 Å². The molecule has 2 N–H and O–H groups in total. The molecule has 0 spiro atoms. The lowest BCUT2D eigenvalue weighted by Gasteiger charge is -2.01. The maximum absolute atomic E-state index is 10.7. The first-order valence-electron chi connectivity index (χ1n) is 4.73. The minimum atomic E-state index is -0.391. The number of carbonyl (C=O) groups excluding carboxylic acids is 1. The van der Waals surface area contributed by atoms with Crippen molar-refractivity contribution in [2.75, 3.05) is 5.73 Å². The summed E-state index contributed by atoms with van der Waals surface area (Å²) in [6.07, 6.45) is 3.18. The van der Waals surface area contributed by atoms with Gasteiger partial charge in [0.25, 0.3) is 0 Å². The quantitative estimate of drug-likeness (QED) is 0.609. The number of hydrogen-bond donors (Lipinski definition) is 1. The number of ether oxygens (including phenoxy) is 1. The van der Waals surface area contributed by atoms with Crippen molar-refractivity contribution in [3.05, 3.63) is 36.8 Å². The molecular weight excluding hydrogens is 206 g/mol. The molecule has 2 rings (SSSR count). The van der Waals surface area contributed by atoms with Crippen LogP contribution in [0, 0.1) is 0 Å². The van der Waals surface area contributed by atoms with E-state index < -0.39 is 5.97 Å². The first kappa shape index (κ1) is 10.2. The van der Waals surface area contributed by atoms with Gasteiger partial charge in [0.2, 0.25) is 5.88 Å². The van der Waals surface area contributed by atoms with Crippen LogP contribution in [0.2, 0.25) is 0 Å². The van der Waals surface area contributed by atoms with Gasteiger partial charge in [0.05, 0.1) is 6.20 Å².